The van der Waals surface area contributed by atoms with Crippen LogP contribution in [0.4, 0.5) is 0 Å². The molecule has 1 saturated heterocycles. The fraction of sp³-hybridized carbons (Fsp3) is 0.500. The van der Waals surface area contributed by atoms with Gasteiger partial charge in [-0.1, -0.05) is 18.2 Å². The molecule has 1 fully saturated rings. The van der Waals surface area contributed by atoms with Crippen LogP contribution in [-0.2, 0) is 11.2 Å². The van der Waals surface area contributed by atoms with E-state index < -0.39 is 0 Å². The number of ether oxygens (including phenoxy) is 1. The zero-order chi connectivity index (χ0) is 13.3. The number of nitrogens with one attached hydrogen (secondary N) is 1. The molecule has 0 spiro atoms. The number of hydrogen-bond donors (Lipinski definition) is 1. The van der Waals surface area contributed by atoms with E-state index in [-0.39, 0.29) is 5.41 Å². The highest BCUT2D eigenvalue weighted by molar-refractivity contribution is 7.17. The standard InChI is InChI=1S/C16H21NOS/c1-12-16(11-17-2,7-8-18-12)9-13-10-19-15-6-4-3-5-14(13)15/h3-6,10,12,17H,7-9,11H2,1-2H3. The van der Waals surface area contributed by atoms with Crippen molar-refractivity contribution >= 4 is 21.4 Å². The van der Waals surface area contributed by atoms with E-state index in [2.05, 4.69) is 41.9 Å². The minimum atomic E-state index is 0.249. The van der Waals surface area contributed by atoms with Crippen molar-refractivity contribution < 1.29 is 4.74 Å². The van der Waals surface area contributed by atoms with Crippen molar-refractivity contribution in [2.75, 3.05) is 20.2 Å². The molecular weight excluding hydrogens is 254 g/mol. The van der Waals surface area contributed by atoms with Crippen molar-refractivity contribution in [3.8, 4) is 0 Å². The first kappa shape index (κ1) is 13.1. The smallest absolute Gasteiger partial charge is 0.0619 e. The van der Waals surface area contributed by atoms with Gasteiger partial charge in [-0.2, -0.15) is 0 Å². The third kappa shape index (κ3) is 2.31. The SMILES string of the molecule is CNCC1(Cc2csc3ccccc23)CCOC1C. The second-order valence-corrected chi connectivity index (χ2v) is 6.50. The lowest BCUT2D eigenvalue weighted by Crippen LogP contribution is -2.40. The molecular formula is C16H21NOS. The minimum absolute atomic E-state index is 0.249. The van der Waals surface area contributed by atoms with Gasteiger partial charge in [-0.15, -0.1) is 11.3 Å². The van der Waals surface area contributed by atoms with Gasteiger partial charge >= 0.3 is 0 Å². The van der Waals surface area contributed by atoms with E-state index in [0.717, 1.165) is 26.0 Å². The molecule has 2 nitrogen and oxygen atoms in total. The van der Waals surface area contributed by atoms with E-state index in [1.165, 1.54) is 15.6 Å². The Kier molecular flexibility index (Phi) is 3.61. The van der Waals surface area contributed by atoms with Gasteiger partial charge in [0.1, 0.15) is 0 Å². The monoisotopic (exact) mass is 275 g/mol. The van der Waals surface area contributed by atoms with Crippen LogP contribution in [0.3, 0.4) is 0 Å². The molecule has 1 aromatic heterocycles. The molecule has 1 aromatic carbocycles. The third-order valence-corrected chi connectivity index (χ3v) is 5.47. The maximum atomic E-state index is 5.85. The molecule has 3 rings (SSSR count). The van der Waals surface area contributed by atoms with Gasteiger partial charge in [-0.25, -0.2) is 0 Å². The summed E-state index contributed by atoms with van der Waals surface area (Å²) in [7, 11) is 2.04. The number of benzene rings is 1. The molecule has 0 aliphatic carbocycles. The zero-order valence-electron chi connectivity index (χ0n) is 11.6. The van der Waals surface area contributed by atoms with Crippen molar-refractivity contribution in [1.29, 1.82) is 0 Å². The molecule has 0 amide bonds. The molecule has 0 radical (unpaired) electrons. The largest absolute Gasteiger partial charge is 0.378 e. The second-order valence-electron chi connectivity index (χ2n) is 5.59. The summed E-state index contributed by atoms with van der Waals surface area (Å²) in [6.45, 7) is 4.14. The van der Waals surface area contributed by atoms with Gasteiger partial charge in [0.15, 0.2) is 0 Å². The minimum Gasteiger partial charge on any atom is -0.378 e. The Labute approximate surface area is 118 Å². The normalized spacial score (nSPS) is 27.2. The van der Waals surface area contributed by atoms with E-state index in [1.54, 1.807) is 0 Å². The van der Waals surface area contributed by atoms with Crippen LogP contribution in [0.25, 0.3) is 10.1 Å². The van der Waals surface area contributed by atoms with Crippen molar-refractivity contribution in [1.82, 2.24) is 5.32 Å². The van der Waals surface area contributed by atoms with Gasteiger partial charge in [0.05, 0.1) is 6.10 Å². The summed E-state index contributed by atoms with van der Waals surface area (Å²) in [5.41, 5.74) is 1.73. The summed E-state index contributed by atoms with van der Waals surface area (Å²) in [6.07, 6.45) is 2.59. The lowest BCUT2D eigenvalue weighted by Gasteiger charge is -2.32. The topological polar surface area (TPSA) is 21.3 Å². The van der Waals surface area contributed by atoms with Crippen LogP contribution in [0.15, 0.2) is 29.6 Å². The van der Waals surface area contributed by atoms with Crippen molar-refractivity contribution in [2.45, 2.75) is 25.9 Å². The predicted octanol–water partition coefficient (Wildman–Crippen LogP) is 3.46. The summed E-state index contributed by atoms with van der Waals surface area (Å²) < 4.78 is 7.24. The number of hydrogen-bond acceptors (Lipinski definition) is 3. The van der Waals surface area contributed by atoms with E-state index in [9.17, 15) is 0 Å². The lowest BCUT2D eigenvalue weighted by atomic mass is 9.76. The summed E-state index contributed by atoms with van der Waals surface area (Å²) in [4.78, 5) is 0. The highest BCUT2D eigenvalue weighted by atomic mass is 32.1. The van der Waals surface area contributed by atoms with Crippen LogP contribution in [0.5, 0.6) is 0 Å². The van der Waals surface area contributed by atoms with Crippen LogP contribution < -0.4 is 5.32 Å². The first-order valence-electron chi connectivity index (χ1n) is 6.96. The van der Waals surface area contributed by atoms with E-state index in [4.69, 9.17) is 4.74 Å². The Hall–Kier alpha value is -0.900. The van der Waals surface area contributed by atoms with Crippen molar-refractivity contribution in [3.63, 3.8) is 0 Å². The molecule has 3 heteroatoms. The van der Waals surface area contributed by atoms with Gasteiger partial charge in [0.2, 0.25) is 0 Å². The molecule has 2 atom stereocenters. The third-order valence-electron chi connectivity index (χ3n) is 4.46. The predicted molar refractivity (Wildman–Crippen MR) is 81.9 cm³/mol. The van der Waals surface area contributed by atoms with Crippen LogP contribution in [0.1, 0.15) is 18.9 Å². The molecule has 1 N–H and O–H groups in total. The molecule has 1 aliphatic rings. The van der Waals surface area contributed by atoms with Gasteiger partial charge in [0, 0.05) is 23.3 Å². The summed E-state index contributed by atoms with van der Waals surface area (Å²) in [6, 6.07) is 8.71. The quantitative estimate of drug-likeness (QED) is 0.922. The molecule has 19 heavy (non-hydrogen) atoms. The van der Waals surface area contributed by atoms with E-state index >= 15 is 0 Å². The van der Waals surface area contributed by atoms with E-state index in [1.807, 2.05) is 18.4 Å². The van der Waals surface area contributed by atoms with Gasteiger partial charge in [-0.05, 0) is 49.2 Å². The Bertz CT molecular complexity index is 565. The van der Waals surface area contributed by atoms with Crippen LogP contribution in [0, 0.1) is 5.41 Å². The van der Waals surface area contributed by atoms with Gasteiger partial charge < -0.3 is 10.1 Å². The van der Waals surface area contributed by atoms with Crippen molar-refractivity contribution in [2.24, 2.45) is 5.41 Å². The summed E-state index contributed by atoms with van der Waals surface area (Å²) >= 11 is 1.85. The van der Waals surface area contributed by atoms with Crippen molar-refractivity contribution in [3.05, 3.63) is 35.2 Å². The molecule has 102 valence electrons. The number of rotatable bonds is 4. The highest BCUT2D eigenvalue weighted by Gasteiger charge is 2.41. The van der Waals surface area contributed by atoms with Gasteiger partial charge in [-0.3, -0.25) is 0 Å². The van der Waals surface area contributed by atoms with Crippen LogP contribution in [0.2, 0.25) is 0 Å². The number of fused-ring (bicyclic) bond motifs is 1. The van der Waals surface area contributed by atoms with Gasteiger partial charge in [0.25, 0.3) is 0 Å². The summed E-state index contributed by atoms with van der Waals surface area (Å²) in [5, 5.41) is 7.11. The average Bonchev–Trinajstić information content (AvgIpc) is 2.97. The lowest BCUT2D eigenvalue weighted by molar-refractivity contribution is 0.0642. The van der Waals surface area contributed by atoms with E-state index in [0.29, 0.717) is 6.10 Å². The van der Waals surface area contributed by atoms with Crippen LogP contribution >= 0.6 is 11.3 Å². The maximum absolute atomic E-state index is 5.85. The average molecular weight is 275 g/mol. The fourth-order valence-electron chi connectivity index (χ4n) is 3.25. The molecule has 0 saturated carbocycles. The first-order chi connectivity index (χ1) is 9.25. The fourth-order valence-corrected chi connectivity index (χ4v) is 4.21. The highest BCUT2D eigenvalue weighted by Crippen LogP contribution is 2.40. The molecule has 1 aliphatic heterocycles. The molecule has 2 aromatic rings. The zero-order valence-corrected chi connectivity index (χ0v) is 12.4. The first-order valence-corrected chi connectivity index (χ1v) is 7.84. The Morgan fingerprint density at radius 1 is 1.42 bits per heavy atom. The molecule has 2 heterocycles. The summed E-state index contributed by atoms with van der Waals surface area (Å²) in [5.74, 6) is 0. The number of thiophene rings is 1. The van der Waals surface area contributed by atoms with Crippen LogP contribution in [-0.4, -0.2) is 26.3 Å². The maximum Gasteiger partial charge on any atom is 0.0619 e. The Morgan fingerprint density at radius 3 is 3.00 bits per heavy atom. The Balaban J connectivity index is 1.94. The Morgan fingerprint density at radius 2 is 2.26 bits per heavy atom. The molecule has 0 bridgehead atoms. The second kappa shape index (κ2) is 5.23. The molecule has 2 unspecified atom stereocenters.